The van der Waals surface area contributed by atoms with E-state index in [2.05, 4.69) is 11.9 Å². The summed E-state index contributed by atoms with van der Waals surface area (Å²) in [6.45, 7) is 2.89. The molecular weight excluding hydrogens is 250 g/mol. The summed E-state index contributed by atoms with van der Waals surface area (Å²) in [6.07, 6.45) is 6.66. The normalized spacial score (nSPS) is 10.2. The summed E-state index contributed by atoms with van der Waals surface area (Å²) in [5, 5.41) is 0. The molecule has 2 aromatic rings. The first-order chi connectivity index (χ1) is 9.81. The number of aromatic nitrogens is 1. The van der Waals surface area contributed by atoms with Crippen molar-refractivity contribution in [2.75, 3.05) is 6.61 Å². The van der Waals surface area contributed by atoms with Gasteiger partial charge in [-0.05, 0) is 42.8 Å². The van der Waals surface area contributed by atoms with Gasteiger partial charge < -0.3 is 4.74 Å². The summed E-state index contributed by atoms with van der Waals surface area (Å²) in [6, 6.07) is 10.8. The number of rotatable bonds is 7. The predicted octanol–water partition coefficient (Wildman–Crippen LogP) is 3.88. The number of carbonyl (C=O) groups is 1. The second kappa shape index (κ2) is 7.43. The van der Waals surface area contributed by atoms with E-state index < -0.39 is 0 Å². The molecule has 0 amide bonds. The molecule has 1 aromatic heterocycles. The lowest BCUT2D eigenvalue weighted by atomic mass is 10.1. The van der Waals surface area contributed by atoms with Crippen LogP contribution in [0.1, 0.15) is 42.1 Å². The van der Waals surface area contributed by atoms with Gasteiger partial charge in [-0.2, -0.15) is 0 Å². The maximum absolute atomic E-state index is 12.2. The number of carbonyl (C=O) groups excluding carboxylic acids is 1. The first-order valence-electron chi connectivity index (χ1n) is 6.99. The number of hydrogen-bond acceptors (Lipinski definition) is 3. The molecular formula is C17H19NO2. The number of ether oxygens (including phenoxy) is 1. The van der Waals surface area contributed by atoms with Gasteiger partial charge in [0.2, 0.25) is 0 Å². The van der Waals surface area contributed by atoms with E-state index in [9.17, 15) is 4.79 Å². The van der Waals surface area contributed by atoms with Gasteiger partial charge >= 0.3 is 0 Å². The number of nitrogens with zero attached hydrogens (tertiary/aromatic N) is 1. The Morgan fingerprint density at radius 3 is 2.55 bits per heavy atom. The molecule has 0 aliphatic rings. The second-order valence-electron chi connectivity index (χ2n) is 4.65. The van der Waals surface area contributed by atoms with Gasteiger partial charge in [0.05, 0.1) is 6.61 Å². The van der Waals surface area contributed by atoms with Crippen LogP contribution < -0.4 is 4.74 Å². The van der Waals surface area contributed by atoms with Crippen LogP contribution in [-0.2, 0) is 0 Å². The van der Waals surface area contributed by atoms with Gasteiger partial charge in [-0.15, -0.1) is 0 Å². The molecule has 0 saturated heterocycles. The first kappa shape index (κ1) is 14.3. The van der Waals surface area contributed by atoms with Crippen molar-refractivity contribution >= 4 is 5.78 Å². The fraction of sp³-hybridized carbons (Fsp3) is 0.294. The summed E-state index contributed by atoms with van der Waals surface area (Å²) in [7, 11) is 0. The van der Waals surface area contributed by atoms with Crippen molar-refractivity contribution in [2.24, 2.45) is 0 Å². The zero-order valence-electron chi connectivity index (χ0n) is 11.7. The smallest absolute Gasteiger partial charge is 0.194 e. The zero-order valence-corrected chi connectivity index (χ0v) is 11.7. The van der Waals surface area contributed by atoms with Crippen LogP contribution in [0.15, 0.2) is 48.8 Å². The van der Waals surface area contributed by atoms with Crippen LogP contribution in [0.3, 0.4) is 0 Å². The topological polar surface area (TPSA) is 39.2 Å². The molecule has 2 rings (SSSR count). The minimum atomic E-state index is -0.0179. The summed E-state index contributed by atoms with van der Waals surface area (Å²) < 4.78 is 5.62. The Balaban J connectivity index is 1.96. The lowest BCUT2D eigenvalue weighted by Crippen LogP contribution is -2.02. The van der Waals surface area contributed by atoms with Crippen molar-refractivity contribution in [1.82, 2.24) is 4.98 Å². The fourth-order valence-electron chi connectivity index (χ4n) is 1.91. The third-order valence-electron chi connectivity index (χ3n) is 3.06. The number of unbranched alkanes of at least 4 members (excludes halogenated alkanes) is 2. The van der Waals surface area contributed by atoms with Crippen molar-refractivity contribution in [3.63, 3.8) is 0 Å². The maximum atomic E-state index is 12.2. The molecule has 0 radical (unpaired) electrons. The molecule has 1 heterocycles. The largest absolute Gasteiger partial charge is 0.494 e. The molecule has 0 saturated carbocycles. The third kappa shape index (κ3) is 3.92. The highest BCUT2D eigenvalue weighted by atomic mass is 16.5. The monoisotopic (exact) mass is 269 g/mol. The Morgan fingerprint density at radius 1 is 1.10 bits per heavy atom. The minimum Gasteiger partial charge on any atom is -0.494 e. The summed E-state index contributed by atoms with van der Waals surface area (Å²) in [4.78, 5) is 16.1. The third-order valence-corrected chi connectivity index (χ3v) is 3.06. The van der Waals surface area contributed by atoms with Gasteiger partial charge in [-0.1, -0.05) is 19.8 Å². The van der Waals surface area contributed by atoms with Gasteiger partial charge in [0.1, 0.15) is 5.75 Å². The van der Waals surface area contributed by atoms with E-state index in [4.69, 9.17) is 4.74 Å². The van der Waals surface area contributed by atoms with Crippen LogP contribution in [0, 0.1) is 0 Å². The van der Waals surface area contributed by atoms with Gasteiger partial charge in [0.25, 0.3) is 0 Å². The highest BCUT2D eigenvalue weighted by molar-refractivity contribution is 6.08. The average molecular weight is 269 g/mol. The standard InChI is InChI=1S/C17H19NO2/c1-2-3-4-12-20-16-9-7-14(8-10-16)17(19)15-6-5-11-18-13-15/h5-11,13H,2-4,12H2,1H3. The average Bonchev–Trinajstić information content (AvgIpc) is 2.52. The molecule has 0 spiro atoms. The molecule has 20 heavy (non-hydrogen) atoms. The van der Waals surface area contributed by atoms with Gasteiger partial charge in [0, 0.05) is 23.5 Å². The van der Waals surface area contributed by atoms with Crippen LogP contribution in [0.25, 0.3) is 0 Å². The SMILES string of the molecule is CCCCCOc1ccc(C(=O)c2cccnc2)cc1. The quantitative estimate of drug-likeness (QED) is 0.565. The van der Waals surface area contributed by atoms with Gasteiger partial charge in [0.15, 0.2) is 5.78 Å². The summed E-state index contributed by atoms with van der Waals surface area (Å²) in [5.74, 6) is 0.791. The van der Waals surface area contributed by atoms with Crippen LogP contribution in [0.2, 0.25) is 0 Å². The molecule has 104 valence electrons. The Kier molecular flexibility index (Phi) is 5.30. The minimum absolute atomic E-state index is 0.0179. The molecule has 0 unspecified atom stereocenters. The van der Waals surface area contributed by atoms with E-state index in [0.29, 0.717) is 11.1 Å². The number of ketones is 1. The lowest BCUT2D eigenvalue weighted by molar-refractivity contribution is 0.103. The summed E-state index contributed by atoms with van der Waals surface area (Å²) in [5.41, 5.74) is 1.25. The Morgan fingerprint density at radius 2 is 1.90 bits per heavy atom. The van der Waals surface area contributed by atoms with Crippen LogP contribution in [0.5, 0.6) is 5.75 Å². The number of hydrogen-bond donors (Lipinski definition) is 0. The maximum Gasteiger partial charge on any atom is 0.194 e. The molecule has 0 atom stereocenters. The van der Waals surface area contributed by atoms with E-state index in [-0.39, 0.29) is 5.78 Å². The highest BCUT2D eigenvalue weighted by Crippen LogP contribution is 2.15. The predicted molar refractivity (Wildman–Crippen MR) is 79.1 cm³/mol. The molecule has 3 nitrogen and oxygen atoms in total. The van der Waals surface area contributed by atoms with E-state index in [0.717, 1.165) is 18.8 Å². The Hall–Kier alpha value is -2.16. The first-order valence-corrected chi connectivity index (χ1v) is 6.99. The van der Waals surface area contributed by atoms with Crippen molar-refractivity contribution in [2.45, 2.75) is 26.2 Å². The van der Waals surface area contributed by atoms with Crippen molar-refractivity contribution in [3.8, 4) is 5.75 Å². The van der Waals surface area contributed by atoms with E-state index in [1.165, 1.54) is 12.8 Å². The Labute approximate surface area is 119 Å². The van der Waals surface area contributed by atoms with E-state index in [1.807, 2.05) is 12.1 Å². The van der Waals surface area contributed by atoms with Crippen molar-refractivity contribution < 1.29 is 9.53 Å². The zero-order chi connectivity index (χ0) is 14.2. The lowest BCUT2D eigenvalue weighted by Gasteiger charge is -2.06. The molecule has 0 aliphatic carbocycles. The molecule has 0 N–H and O–H groups in total. The molecule has 0 aliphatic heterocycles. The highest BCUT2D eigenvalue weighted by Gasteiger charge is 2.08. The second-order valence-corrected chi connectivity index (χ2v) is 4.65. The van der Waals surface area contributed by atoms with Crippen LogP contribution in [0.4, 0.5) is 0 Å². The van der Waals surface area contributed by atoms with Crippen molar-refractivity contribution in [1.29, 1.82) is 0 Å². The number of pyridine rings is 1. The molecule has 0 bridgehead atoms. The Bertz CT molecular complexity index is 535. The molecule has 3 heteroatoms. The summed E-state index contributed by atoms with van der Waals surface area (Å²) >= 11 is 0. The van der Waals surface area contributed by atoms with E-state index >= 15 is 0 Å². The van der Waals surface area contributed by atoms with Crippen molar-refractivity contribution in [3.05, 3.63) is 59.9 Å². The van der Waals surface area contributed by atoms with Gasteiger partial charge in [-0.3, -0.25) is 9.78 Å². The molecule has 0 fully saturated rings. The number of benzene rings is 1. The van der Waals surface area contributed by atoms with Crippen LogP contribution >= 0.6 is 0 Å². The van der Waals surface area contributed by atoms with E-state index in [1.54, 1.807) is 36.7 Å². The van der Waals surface area contributed by atoms with Crippen LogP contribution in [-0.4, -0.2) is 17.4 Å². The van der Waals surface area contributed by atoms with Gasteiger partial charge in [-0.25, -0.2) is 0 Å². The molecule has 1 aromatic carbocycles. The fourth-order valence-corrected chi connectivity index (χ4v) is 1.91.